The van der Waals surface area contributed by atoms with Gasteiger partial charge >= 0.3 is 0 Å². The molecular formula is C14H16BrN3S. The summed E-state index contributed by atoms with van der Waals surface area (Å²) < 4.78 is 1.04. The summed E-state index contributed by atoms with van der Waals surface area (Å²) in [5.41, 5.74) is 1.16. The van der Waals surface area contributed by atoms with Crippen LogP contribution < -0.4 is 5.32 Å². The predicted octanol–water partition coefficient (Wildman–Crippen LogP) is 4.59. The van der Waals surface area contributed by atoms with Crippen molar-refractivity contribution in [2.24, 2.45) is 0 Å². The lowest BCUT2D eigenvalue weighted by Gasteiger charge is -2.11. The number of aryl methyl sites for hydroxylation is 1. The monoisotopic (exact) mass is 337 g/mol. The number of nitrogens with zero attached hydrogens (tertiary/aromatic N) is 2. The Kier molecular flexibility index (Phi) is 3.58. The van der Waals surface area contributed by atoms with Crippen molar-refractivity contribution >= 4 is 33.1 Å². The van der Waals surface area contributed by atoms with E-state index in [0.717, 1.165) is 33.2 Å². The van der Waals surface area contributed by atoms with Crippen LogP contribution in [0, 0.1) is 6.92 Å². The van der Waals surface area contributed by atoms with E-state index in [1.54, 1.807) is 11.3 Å². The first kappa shape index (κ1) is 13.1. The van der Waals surface area contributed by atoms with Crippen LogP contribution in [0.15, 0.2) is 16.6 Å². The largest absolute Gasteiger partial charge is 0.369 e. The van der Waals surface area contributed by atoms with Crippen molar-refractivity contribution in [3.05, 3.63) is 27.2 Å². The fourth-order valence-corrected chi connectivity index (χ4v) is 3.48. The molecule has 1 aliphatic carbocycles. The molecule has 2 heterocycles. The minimum absolute atomic E-state index is 0.606. The molecule has 0 aromatic carbocycles. The number of thiophene rings is 1. The number of hydrogen-bond acceptors (Lipinski definition) is 4. The lowest BCUT2D eigenvalue weighted by molar-refractivity contribution is 0.976. The summed E-state index contributed by atoms with van der Waals surface area (Å²) in [6, 6.07) is 4.23. The van der Waals surface area contributed by atoms with E-state index in [-0.39, 0.29) is 0 Å². The van der Waals surface area contributed by atoms with Gasteiger partial charge in [0.1, 0.15) is 5.82 Å². The molecule has 2 aromatic heterocycles. The number of aromatic nitrogens is 2. The normalized spacial score (nSPS) is 14.7. The number of rotatable bonds is 4. The maximum absolute atomic E-state index is 4.77. The Morgan fingerprint density at radius 1 is 1.37 bits per heavy atom. The Hall–Kier alpha value is -0.940. The van der Waals surface area contributed by atoms with E-state index in [2.05, 4.69) is 52.2 Å². The molecule has 0 amide bonds. The molecule has 3 rings (SSSR count). The quantitative estimate of drug-likeness (QED) is 0.886. The van der Waals surface area contributed by atoms with Crippen molar-refractivity contribution in [3.8, 4) is 10.7 Å². The van der Waals surface area contributed by atoms with Crippen molar-refractivity contribution in [1.82, 2.24) is 9.97 Å². The summed E-state index contributed by atoms with van der Waals surface area (Å²) >= 11 is 5.40. The van der Waals surface area contributed by atoms with Gasteiger partial charge < -0.3 is 5.32 Å². The van der Waals surface area contributed by atoms with Crippen LogP contribution in [0.3, 0.4) is 0 Å². The fourth-order valence-electron chi connectivity index (χ4n) is 2.04. The maximum Gasteiger partial charge on any atom is 0.171 e. The molecule has 1 N–H and O–H groups in total. The highest BCUT2D eigenvalue weighted by atomic mass is 79.9. The summed E-state index contributed by atoms with van der Waals surface area (Å²) in [7, 11) is 0. The maximum atomic E-state index is 4.77. The molecule has 2 aromatic rings. The third-order valence-corrected chi connectivity index (χ3v) is 4.92. The topological polar surface area (TPSA) is 37.8 Å². The van der Waals surface area contributed by atoms with Crippen molar-refractivity contribution in [2.45, 2.75) is 32.6 Å². The van der Waals surface area contributed by atoms with Gasteiger partial charge in [-0.15, -0.1) is 11.3 Å². The molecule has 100 valence electrons. The Morgan fingerprint density at radius 2 is 2.16 bits per heavy atom. The summed E-state index contributed by atoms with van der Waals surface area (Å²) in [5, 5.41) is 3.32. The van der Waals surface area contributed by atoms with Crippen LogP contribution in [-0.2, 0) is 0 Å². The van der Waals surface area contributed by atoms with Gasteiger partial charge in [0, 0.05) is 17.3 Å². The van der Waals surface area contributed by atoms with Crippen LogP contribution in [0.25, 0.3) is 10.7 Å². The average molecular weight is 338 g/mol. The van der Waals surface area contributed by atoms with Crippen LogP contribution in [0.1, 0.15) is 36.3 Å². The smallest absolute Gasteiger partial charge is 0.171 e. The van der Waals surface area contributed by atoms with Crippen molar-refractivity contribution < 1.29 is 0 Å². The molecule has 0 spiro atoms. The van der Waals surface area contributed by atoms with E-state index in [4.69, 9.17) is 4.98 Å². The van der Waals surface area contributed by atoms with Crippen LogP contribution >= 0.6 is 27.3 Å². The van der Waals surface area contributed by atoms with E-state index in [1.165, 1.54) is 17.7 Å². The van der Waals surface area contributed by atoms with Gasteiger partial charge in [-0.1, -0.05) is 0 Å². The Balaban J connectivity index is 2.08. The molecule has 0 atom stereocenters. The molecule has 1 fully saturated rings. The molecule has 3 nitrogen and oxygen atoms in total. The standard InChI is InChI=1S/C14H16BrN3S/c1-3-16-14-11(15)12(9-5-6-9)17-13(18-14)10-7-4-8(2)19-10/h4,7,9H,3,5-6H2,1-2H3,(H,16,17,18). The minimum Gasteiger partial charge on any atom is -0.369 e. The van der Waals surface area contributed by atoms with Crippen LogP contribution in [0.2, 0.25) is 0 Å². The Labute approximate surface area is 125 Å². The van der Waals surface area contributed by atoms with Crippen LogP contribution in [0.4, 0.5) is 5.82 Å². The first-order chi connectivity index (χ1) is 9.19. The van der Waals surface area contributed by atoms with Gasteiger partial charge in [0.15, 0.2) is 5.82 Å². The Bertz CT molecular complexity index is 605. The highest BCUT2D eigenvalue weighted by Gasteiger charge is 2.29. The first-order valence-corrected chi connectivity index (χ1v) is 8.18. The van der Waals surface area contributed by atoms with E-state index >= 15 is 0 Å². The summed E-state index contributed by atoms with van der Waals surface area (Å²) in [5.74, 6) is 2.37. The Morgan fingerprint density at radius 3 is 2.74 bits per heavy atom. The van der Waals surface area contributed by atoms with Crippen molar-refractivity contribution in [2.75, 3.05) is 11.9 Å². The zero-order valence-corrected chi connectivity index (χ0v) is 13.4. The van der Waals surface area contributed by atoms with Gasteiger partial charge in [-0.2, -0.15) is 0 Å². The van der Waals surface area contributed by atoms with Crippen molar-refractivity contribution in [3.63, 3.8) is 0 Å². The van der Waals surface area contributed by atoms with Gasteiger partial charge in [0.05, 0.1) is 15.0 Å². The highest BCUT2D eigenvalue weighted by Crippen LogP contribution is 2.44. The molecule has 0 bridgehead atoms. The van der Waals surface area contributed by atoms with Gasteiger partial charge in [0.25, 0.3) is 0 Å². The highest BCUT2D eigenvalue weighted by molar-refractivity contribution is 9.10. The molecule has 1 saturated carbocycles. The molecule has 0 aliphatic heterocycles. The number of halogens is 1. The molecule has 5 heteroatoms. The third kappa shape index (κ3) is 2.67. The summed E-state index contributed by atoms with van der Waals surface area (Å²) in [6.45, 7) is 5.06. The molecule has 19 heavy (non-hydrogen) atoms. The number of nitrogens with one attached hydrogen (secondary N) is 1. The molecule has 1 aliphatic rings. The third-order valence-electron chi connectivity index (χ3n) is 3.15. The van der Waals surface area contributed by atoms with Crippen molar-refractivity contribution in [1.29, 1.82) is 0 Å². The molecular weight excluding hydrogens is 322 g/mol. The lowest BCUT2D eigenvalue weighted by atomic mass is 10.2. The fraction of sp³-hybridized carbons (Fsp3) is 0.429. The zero-order valence-electron chi connectivity index (χ0n) is 11.0. The first-order valence-electron chi connectivity index (χ1n) is 6.57. The zero-order chi connectivity index (χ0) is 13.4. The molecule has 0 saturated heterocycles. The summed E-state index contributed by atoms with van der Waals surface area (Å²) in [6.07, 6.45) is 2.48. The predicted molar refractivity (Wildman–Crippen MR) is 83.9 cm³/mol. The van der Waals surface area contributed by atoms with Crippen LogP contribution in [0.5, 0.6) is 0 Å². The molecule has 0 unspecified atom stereocenters. The van der Waals surface area contributed by atoms with Gasteiger partial charge in [-0.3, -0.25) is 0 Å². The second kappa shape index (κ2) is 5.21. The van der Waals surface area contributed by atoms with Gasteiger partial charge in [-0.25, -0.2) is 9.97 Å². The van der Waals surface area contributed by atoms with E-state index in [1.807, 2.05) is 0 Å². The van der Waals surface area contributed by atoms with Gasteiger partial charge in [-0.05, 0) is 54.8 Å². The number of hydrogen-bond donors (Lipinski definition) is 1. The van der Waals surface area contributed by atoms with E-state index in [9.17, 15) is 0 Å². The van der Waals surface area contributed by atoms with Crippen LogP contribution in [-0.4, -0.2) is 16.5 Å². The second-order valence-corrected chi connectivity index (χ2v) is 6.89. The van der Waals surface area contributed by atoms with Gasteiger partial charge in [0.2, 0.25) is 0 Å². The lowest BCUT2D eigenvalue weighted by Crippen LogP contribution is -2.05. The van der Waals surface area contributed by atoms with E-state index in [0.29, 0.717) is 5.92 Å². The second-order valence-electron chi connectivity index (χ2n) is 4.81. The number of anilines is 1. The SMILES string of the molecule is CCNc1nc(-c2ccc(C)s2)nc(C2CC2)c1Br. The van der Waals surface area contributed by atoms with E-state index < -0.39 is 0 Å². The summed E-state index contributed by atoms with van der Waals surface area (Å²) in [4.78, 5) is 11.9. The molecule has 0 radical (unpaired) electrons. The minimum atomic E-state index is 0.606. The average Bonchev–Trinajstić information content (AvgIpc) is 3.14.